The molecule has 0 unspecified atom stereocenters. The molecule has 1 aliphatic heterocycles. The topological polar surface area (TPSA) is 73.1 Å². The van der Waals surface area contributed by atoms with Gasteiger partial charge in [-0.25, -0.2) is 9.79 Å². The molecule has 0 saturated heterocycles. The van der Waals surface area contributed by atoms with E-state index in [1.807, 2.05) is 104 Å². The normalized spacial score (nSPS) is 14.9. The summed E-state index contributed by atoms with van der Waals surface area (Å²) in [6.07, 6.45) is 1.83. The van der Waals surface area contributed by atoms with Crippen molar-refractivity contribution in [2.75, 3.05) is 25.6 Å². The highest BCUT2D eigenvalue weighted by molar-refractivity contribution is 7.07. The van der Waals surface area contributed by atoms with Gasteiger partial charge < -0.3 is 14.4 Å². The van der Waals surface area contributed by atoms with E-state index < -0.39 is 12.0 Å². The molecular weight excluding hydrogens is 522 g/mol. The van der Waals surface area contributed by atoms with Crippen molar-refractivity contribution in [2.45, 2.75) is 26.5 Å². The SMILES string of the molecule is CCOC(=O)C1=C(C)N=c2s/c(=C\c3ccccc3OCc3ccccc3)c(=O)n2[C@H]1c1ccc(N(C)C)cc1. The summed E-state index contributed by atoms with van der Waals surface area (Å²) in [5, 5.41) is 0. The van der Waals surface area contributed by atoms with E-state index in [0.29, 0.717) is 33.0 Å². The third-order valence-electron chi connectivity index (χ3n) is 6.69. The Bertz CT molecular complexity index is 1740. The van der Waals surface area contributed by atoms with Crippen LogP contribution >= 0.6 is 11.3 Å². The molecule has 1 atom stereocenters. The number of para-hydroxylation sites is 1. The number of hydrogen-bond acceptors (Lipinski definition) is 7. The smallest absolute Gasteiger partial charge is 0.338 e. The van der Waals surface area contributed by atoms with Crippen LogP contribution in [-0.4, -0.2) is 31.2 Å². The Morgan fingerprint density at radius 3 is 2.42 bits per heavy atom. The Morgan fingerprint density at radius 2 is 1.73 bits per heavy atom. The van der Waals surface area contributed by atoms with E-state index in [1.165, 1.54) is 11.3 Å². The van der Waals surface area contributed by atoms with Crippen LogP contribution in [-0.2, 0) is 16.1 Å². The molecule has 0 amide bonds. The van der Waals surface area contributed by atoms with Crippen molar-refractivity contribution in [3.8, 4) is 5.75 Å². The summed E-state index contributed by atoms with van der Waals surface area (Å²) < 4.78 is 13.6. The van der Waals surface area contributed by atoms with Gasteiger partial charge in [-0.2, -0.15) is 0 Å². The number of rotatable bonds is 8. The summed E-state index contributed by atoms with van der Waals surface area (Å²) in [4.78, 5) is 34.3. The van der Waals surface area contributed by atoms with Gasteiger partial charge in [0.15, 0.2) is 4.80 Å². The number of thiazole rings is 1. The zero-order valence-electron chi connectivity index (χ0n) is 23.0. The van der Waals surface area contributed by atoms with E-state index in [2.05, 4.69) is 4.99 Å². The monoisotopic (exact) mass is 553 g/mol. The Labute approximate surface area is 237 Å². The van der Waals surface area contributed by atoms with Crippen LogP contribution in [0.4, 0.5) is 5.69 Å². The predicted octanol–water partition coefficient (Wildman–Crippen LogP) is 4.44. The number of nitrogens with zero attached hydrogens (tertiary/aromatic N) is 3. The lowest BCUT2D eigenvalue weighted by Crippen LogP contribution is -2.40. The summed E-state index contributed by atoms with van der Waals surface area (Å²) in [5.74, 6) is 0.204. The number of fused-ring (bicyclic) bond motifs is 1. The number of ether oxygens (including phenoxy) is 2. The Balaban J connectivity index is 1.60. The van der Waals surface area contributed by atoms with E-state index in [0.717, 1.165) is 22.4 Å². The van der Waals surface area contributed by atoms with Gasteiger partial charge in [0.25, 0.3) is 5.56 Å². The molecule has 1 aliphatic rings. The lowest BCUT2D eigenvalue weighted by atomic mass is 9.95. The number of anilines is 1. The summed E-state index contributed by atoms with van der Waals surface area (Å²) >= 11 is 1.30. The van der Waals surface area contributed by atoms with Gasteiger partial charge in [-0.3, -0.25) is 9.36 Å². The molecule has 2 heterocycles. The minimum absolute atomic E-state index is 0.224. The lowest BCUT2D eigenvalue weighted by Gasteiger charge is -2.25. The highest BCUT2D eigenvalue weighted by Crippen LogP contribution is 2.31. The first-order valence-electron chi connectivity index (χ1n) is 13.1. The summed E-state index contributed by atoms with van der Waals surface area (Å²) in [7, 11) is 3.93. The fraction of sp³-hybridized carbons (Fsp3) is 0.219. The maximum absolute atomic E-state index is 14.0. The fourth-order valence-electron chi connectivity index (χ4n) is 4.67. The van der Waals surface area contributed by atoms with E-state index in [4.69, 9.17) is 9.47 Å². The van der Waals surface area contributed by atoms with Crippen LogP contribution in [0.5, 0.6) is 5.75 Å². The highest BCUT2D eigenvalue weighted by Gasteiger charge is 2.33. The van der Waals surface area contributed by atoms with Gasteiger partial charge in [0.1, 0.15) is 12.4 Å². The maximum atomic E-state index is 14.0. The third kappa shape index (κ3) is 5.49. The van der Waals surface area contributed by atoms with Crippen LogP contribution in [0.15, 0.2) is 99.9 Å². The quantitative estimate of drug-likeness (QED) is 0.302. The molecule has 204 valence electrons. The molecule has 8 heteroatoms. The molecule has 0 radical (unpaired) electrons. The highest BCUT2D eigenvalue weighted by atomic mass is 32.1. The van der Waals surface area contributed by atoms with Crippen molar-refractivity contribution in [2.24, 2.45) is 4.99 Å². The van der Waals surface area contributed by atoms with Crippen molar-refractivity contribution < 1.29 is 14.3 Å². The molecule has 4 aromatic rings. The second-order valence-corrected chi connectivity index (χ2v) is 10.6. The molecule has 0 aliphatic carbocycles. The lowest BCUT2D eigenvalue weighted by molar-refractivity contribution is -0.139. The number of carbonyl (C=O) groups excluding carboxylic acids is 1. The van der Waals surface area contributed by atoms with E-state index >= 15 is 0 Å². The zero-order valence-corrected chi connectivity index (χ0v) is 23.8. The third-order valence-corrected chi connectivity index (χ3v) is 7.67. The predicted molar refractivity (Wildman–Crippen MR) is 158 cm³/mol. The standard InChI is InChI=1S/C32H31N3O4S/c1-5-38-31(37)28-21(2)33-32-35(29(28)23-15-17-25(18-16-23)34(3)4)30(36)27(40-32)19-24-13-9-10-14-26(24)39-20-22-11-7-6-8-12-22/h6-19,29H,5,20H2,1-4H3/b27-19-/t29-/m0/s1. The number of aromatic nitrogens is 1. The van der Waals surface area contributed by atoms with Crippen molar-refractivity contribution in [1.82, 2.24) is 4.57 Å². The molecule has 0 saturated carbocycles. The second-order valence-electron chi connectivity index (χ2n) is 9.60. The van der Waals surface area contributed by atoms with Crippen molar-refractivity contribution >= 4 is 29.1 Å². The second kappa shape index (κ2) is 11.8. The molecule has 3 aromatic carbocycles. The van der Waals surface area contributed by atoms with Crippen LogP contribution in [0.1, 0.15) is 36.6 Å². The molecule has 1 aromatic heterocycles. The van der Waals surface area contributed by atoms with Gasteiger partial charge in [0, 0.05) is 25.3 Å². The van der Waals surface area contributed by atoms with E-state index in [-0.39, 0.29) is 12.2 Å². The van der Waals surface area contributed by atoms with Crippen LogP contribution < -0.4 is 24.5 Å². The van der Waals surface area contributed by atoms with Crippen molar-refractivity contribution in [3.63, 3.8) is 0 Å². The zero-order chi connectivity index (χ0) is 28.2. The molecule has 0 bridgehead atoms. The average Bonchev–Trinajstić information content (AvgIpc) is 3.26. The Kier molecular flexibility index (Phi) is 7.98. The summed E-state index contributed by atoms with van der Waals surface area (Å²) in [6.45, 7) is 4.20. The van der Waals surface area contributed by atoms with Crippen LogP contribution in [0, 0.1) is 0 Å². The van der Waals surface area contributed by atoms with Gasteiger partial charge in [0.05, 0.1) is 28.5 Å². The molecule has 0 fully saturated rings. The van der Waals surface area contributed by atoms with Crippen LogP contribution in [0.25, 0.3) is 6.08 Å². The molecule has 0 spiro atoms. The molecular formula is C32H31N3O4S. The summed E-state index contributed by atoms with van der Waals surface area (Å²) in [5.41, 5.74) is 4.35. The number of benzene rings is 3. The van der Waals surface area contributed by atoms with Gasteiger partial charge in [-0.15, -0.1) is 0 Å². The van der Waals surface area contributed by atoms with Crippen LogP contribution in [0.2, 0.25) is 0 Å². The first kappa shape index (κ1) is 27.1. The molecule has 0 N–H and O–H groups in total. The van der Waals surface area contributed by atoms with Crippen molar-refractivity contribution in [1.29, 1.82) is 0 Å². The Morgan fingerprint density at radius 1 is 1.02 bits per heavy atom. The number of hydrogen-bond donors (Lipinski definition) is 0. The first-order valence-corrected chi connectivity index (χ1v) is 13.9. The van der Waals surface area contributed by atoms with E-state index in [1.54, 1.807) is 18.4 Å². The molecule has 5 rings (SSSR count). The van der Waals surface area contributed by atoms with Gasteiger partial charge >= 0.3 is 5.97 Å². The van der Waals surface area contributed by atoms with Gasteiger partial charge in [-0.1, -0.05) is 72.0 Å². The fourth-order valence-corrected chi connectivity index (χ4v) is 5.71. The number of esters is 1. The summed E-state index contributed by atoms with van der Waals surface area (Å²) in [6, 6.07) is 24.8. The van der Waals surface area contributed by atoms with Gasteiger partial charge in [-0.05, 0) is 49.2 Å². The average molecular weight is 554 g/mol. The minimum Gasteiger partial charge on any atom is -0.488 e. The first-order chi connectivity index (χ1) is 19.4. The largest absolute Gasteiger partial charge is 0.488 e. The Hall–Kier alpha value is -4.43. The maximum Gasteiger partial charge on any atom is 0.338 e. The molecule has 7 nitrogen and oxygen atoms in total. The minimum atomic E-state index is -0.654. The molecule has 40 heavy (non-hydrogen) atoms. The number of allylic oxidation sites excluding steroid dienone is 1. The number of carbonyl (C=O) groups is 1. The van der Waals surface area contributed by atoms with Crippen molar-refractivity contribution in [3.05, 3.63) is 127 Å². The van der Waals surface area contributed by atoms with E-state index in [9.17, 15) is 9.59 Å². The van der Waals surface area contributed by atoms with Crippen LogP contribution in [0.3, 0.4) is 0 Å². The van der Waals surface area contributed by atoms with Gasteiger partial charge in [0.2, 0.25) is 0 Å².